The second-order valence-electron chi connectivity index (χ2n) is 7.22. The van der Waals surface area contributed by atoms with Crippen LogP contribution in [0.5, 0.6) is 0 Å². The Morgan fingerprint density at radius 2 is 1.68 bits per heavy atom. The lowest BCUT2D eigenvalue weighted by atomic mass is 10.2. The molecule has 0 aliphatic carbocycles. The van der Waals surface area contributed by atoms with Crippen molar-refractivity contribution >= 4 is 17.6 Å². The summed E-state index contributed by atoms with van der Waals surface area (Å²) in [5.41, 5.74) is 1.54. The van der Waals surface area contributed by atoms with Crippen molar-refractivity contribution in [1.29, 1.82) is 0 Å². The second kappa shape index (κ2) is 8.83. The number of hydrogen-bond donors (Lipinski definition) is 0. The summed E-state index contributed by atoms with van der Waals surface area (Å²) in [5, 5.41) is 0. The Morgan fingerprint density at radius 3 is 2.48 bits per heavy atom. The largest absolute Gasteiger partial charge is 0.454 e. The van der Waals surface area contributed by atoms with E-state index in [0.29, 0.717) is 6.54 Å². The van der Waals surface area contributed by atoms with E-state index in [0.717, 1.165) is 27.8 Å². The first-order chi connectivity index (χ1) is 15.0. The molecule has 3 aromatic rings. The Balaban J connectivity index is 1.41. The number of ether oxygens (including phenoxy) is 1. The number of hydrogen-bond acceptors (Lipinski definition) is 5. The number of carbonyl (C=O) groups excluding carboxylic acids is 2. The molecule has 0 saturated carbocycles. The van der Waals surface area contributed by atoms with Crippen LogP contribution in [0.4, 0.5) is 5.69 Å². The molecule has 158 valence electrons. The zero-order valence-electron chi connectivity index (χ0n) is 16.8. The number of fused-ring (bicyclic) bond motifs is 1. The van der Waals surface area contributed by atoms with E-state index in [9.17, 15) is 19.2 Å². The first-order valence-electron chi connectivity index (χ1n) is 9.91. The fourth-order valence-corrected chi connectivity index (χ4v) is 3.59. The van der Waals surface area contributed by atoms with E-state index in [4.69, 9.17) is 4.74 Å². The van der Waals surface area contributed by atoms with Gasteiger partial charge in [-0.1, -0.05) is 48.5 Å². The molecule has 0 unspecified atom stereocenters. The van der Waals surface area contributed by atoms with Gasteiger partial charge >= 0.3 is 11.7 Å². The molecule has 0 spiro atoms. The lowest BCUT2D eigenvalue weighted by Crippen LogP contribution is -2.41. The van der Waals surface area contributed by atoms with Crippen molar-refractivity contribution in [2.24, 2.45) is 0 Å². The SMILES string of the molecule is O=C(Cn1c(=O)ccn(Cc2ccccc2)c1=O)OCC(=O)N1CCc2ccccc21. The second-order valence-corrected chi connectivity index (χ2v) is 7.22. The van der Waals surface area contributed by atoms with Gasteiger partial charge in [-0.05, 0) is 23.6 Å². The maximum absolute atomic E-state index is 12.7. The van der Waals surface area contributed by atoms with Crippen LogP contribution < -0.4 is 16.1 Å². The smallest absolute Gasteiger partial charge is 0.331 e. The van der Waals surface area contributed by atoms with Gasteiger partial charge in [0.05, 0.1) is 6.54 Å². The van der Waals surface area contributed by atoms with Crippen LogP contribution in [-0.4, -0.2) is 34.2 Å². The van der Waals surface area contributed by atoms with Gasteiger partial charge in [0.2, 0.25) is 0 Å². The van der Waals surface area contributed by atoms with Crippen LogP contribution in [0, 0.1) is 0 Å². The molecule has 0 atom stereocenters. The van der Waals surface area contributed by atoms with Crippen LogP contribution in [-0.2, 0) is 33.8 Å². The summed E-state index contributed by atoms with van der Waals surface area (Å²) >= 11 is 0. The van der Waals surface area contributed by atoms with Gasteiger partial charge in [-0.3, -0.25) is 19.0 Å². The third kappa shape index (κ3) is 4.48. The van der Waals surface area contributed by atoms with Crippen LogP contribution in [0.2, 0.25) is 0 Å². The van der Waals surface area contributed by atoms with Gasteiger partial charge in [-0.25, -0.2) is 9.36 Å². The minimum Gasteiger partial charge on any atom is -0.454 e. The standard InChI is InChI=1S/C23H21N3O5/c27-20-11-12-24(14-17-6-2-1-3-7-17)23(30)26(20)15-22(29)31-16-21(28)25-13-10-18-8-4-5-9-19(18)25/h1-9,11-12H,10,13-16H2. The molecule has 1 aliphatic rings. The van der Waals surface area contributed by atoms with Gasteiger partial charge in [0.25, 0.3) is 11.5 Å². The summed E-state index contributed by atoms with van der Waals surface area (Å²) < 4.78 is 7.22. The summed E-state index contributed by atoms with van der Waals surface area (Å²) in [6.07, 6.45) is 2.14. The third-order valence-corrected chi connectivity index (χ3v) is 5.17. The molecule has 8 nitrogen and oxygen atoms in total. The molecule has 2 aromatic carbocycles. The molecule has 0 N–H and O–H groups in total. The Bertz CT molecular complexity index is 1230. The minimum atomic E-state index is -0.822. The summed E-state index contributed by atoms with van der Waals surface area (Å²) in [6.45, 7) is -0.218. The molecule has 1 aromatic heterocycles. The third-order valence-electron chi connectivity index (χ3n) is 5.17. The maximum Gasteiger partial charge on any atom is 0.331 e. The summed E-state index contributed by atoms with van der Waals surface area (Å²) in [6, 6.07) is 18.1. The normalized spacial score (nSPS) is 12.5. The molecule has 2 heterocycles. The fraction of sp³-hybridized carbons (Fsp3) is 0.217. The Labute approximate surface area is 177 Å². The monoisotopic (exact) mass is 419 g/mol. The number of aromatic nitrogens is 2. The van der Waals surface area contributed by atoms with Gasteiger partial charge in [-0.15, -0.1) is 0 Å². The average Bonchev–Trinajstić information content (AvgIpc) is 3.22. The van der Waals surface area contributed by atoms with Crippen LogP contribution in [0.1, 0.15) is 11.1 Å². The lowest BCUT2D eigenvalue weighted by molar-refractivity contribution is -0.148. The number of carbonyl (C=O) groups is 2. The highest BCUT2D eigenvalue weighted by Crippen LogP contribution is 2.27. The quantitative estimate of drug-likeness (QED) is 0.560. The number of esters is 1. The average molecular weight is 419 g/mol. The Kier molecular flexibility index (Phi) is 5.79. The number of anilines is 1. The molecule has 0 saturated heterocycles. The molecule has 8 heteroatoms. The van der Waals surface area contributed by atoms with Crippen molar-refractivity contribution in [3.8, 4) is 0 Å². The summed E-state index contributed by atoms with van der Waals surface area (Å²) in [7, 11) is 0. The topological polar surface area (TPSA) is 90.6 Å². The van der Waals surface area contributed by atoms with Crippen LogP contribution in [0.25, 0.3) is 0 Å². The van der Waals surface area contributed by atoms with Crippen molar-refractivity contribution in [1.82, 2.24) is 9.13 Å². The summed E-state index contributed by atoms with van der Waals surface area (Å²) in [5.74, 6) is -1.17. The molecule has 0 radical (unpaired) electrons. The fourth-order valence-electron chi connectivity index (χ4n) is 3.59. The van der Waals surface area contributed by atoms with Crippen molar-refractivity contribution < 1.29 is 14.3 Å². The van der Waals surface area contributed by atoms with Gasteiger partial charge < -0.3 is 9.64 Å². The van der Waals surface area contributed by atoms with Crippen molar-refractivity contribution in [3.63, 3.8) is 0 Å². The predicted octanol–water partition coefficient (Wildman–Crippen LogP) is 1.19. The van der Waals surface area contributed by atoms with E-state index in [1.165, 1.54) is 16.8 Å². The molecule has 0 bridgehead atoms. The van der Waals surface area contributed by atoms with E-state index in [1.54, 1.807) is 4.90 Å². The van der Waals surface area contributed by atoms with E-state index in [2.05, 4.69) is 0 Å². The van der Waals surface area contributed by atoms with Crippen molar-refractivity contribution in [2.45, 2.75) is 19.5 Å². The molecule has 31 heavy (non-hydrogen) atoms. The van der Waals surface area contributed by atoms with E-state index in [-0.39, 0.29) is 12.5 Å². The van der Waals surface area contributed by atoms with E-state index < -0.39 is 30.4 Å². The highest BCUT2D eigenvalue weighted by Gasteiger charge is 2.25. The number of para-hydroxylation sites is 1. The molecule has 0 fully saturated rings. The molecule has 4 rings (SSSR count). The molecule has 1 amide bonds. The number of amides is 1. The molecule has 1 aliphatic heterocycles. The first-order valence-corrected chi connectivity index (χ1v) is 9.91. The minimum absolute atomic E-state index is 0.266. The first kappa shape index (κ1) is 20.3. The predicted molar refractivity (Wildman–Crippen MR) is 114 cm³/mol. The van der Waals surface area contributed by atoms with E-state index in [1.807, 2.05) is 54.6 Å². The number of rotatable bonds is 6. The van der Waals surface area contributed by atoms with E-state index >= 15 is 0 Å². The van der Waals surface area contributed by atoms with Crippen LogP contribution >= 0.6 is 0 Å². The Morgan fingerprint density at radius 1 is 0.935 bits per heavy atom. The van der Waals surface area contributed by atoms with Gasteiger partial charge in [0.15, 0.2) is 6.61 Å². The highest BCUT2D eigenvalue weighted by atomic mass is 16.5. The van der Waals surface area contributed by atoms with Crippen molar-refractivity contribution in [2.75, 3.05) is 18.1 Å². The highest BCUT2D eigenvalue weighted by molar-refractivity contribution is 5.97. The van der Waals surface area contributed by atoms with Gasteiger partial charge in [-0.2, -0.15) is 0 Å². The summed E-state index contributed by atoms with van der Waals surface area (Å²) in [4.78, 5) is 51.1. The van der Waals surface area contributed by atoms with Crippen molar-refractivity contribution in [3.05, 3.63) is 98.8 Å². The van der Waals surface area contributed by atoms with Crippen LogP contribution in [0.15, 0.2) is 76.4 Å². The zero-order valence-corrected chi connectivity index (χ0v) is 16.8. The van der Waals surface area contributed by atoms with Gasteiger partial charge in [0, 0.05) is 24.5 Å². The maximum atomic E-state index is 12.7. The molecular formula is C23H21N3O5. The number of nitrogens with zero attached hydrogens (tertiary/aromatic N) is 3. The lowest BCUT2D eigenvalue weighted by Gasteiger charge is -2.17. The number of benzene rings is 2. The molecular weight excluding hydrogens is 398 g/mol. The van der Waals surface area contributed by atoms with Gasteiger partial charge in [0.1, 0.15) is 6.54 Å². The van der Waals surface area contributed by atoms with Crippen LogP contribution in [0.3, 0.4) is 0 Å². The zero-order chi connectivity index (χ0) is 21.8. The Hall–Kier alpha value is -3.94.